The summed E-state index contributed by atoms with van der Waals surface area (Å²) in [6, 6.07) is 0.00754. The maximum atomic E-state index is 12.5. The van der Waals surface area contributed by atoms with Crippen molar-refractivity contribution in [1.29, 1.82) is 0 Å². The van der Waals surface area contributed by atoms with E-state index in [0.29, 0.717) is 17.7 Å². The number of hydrogen-bond acceptors (Lipinski definition) is 3. The van der Waals surface area contributed by atoms with Gasteiger partial charge < -0.3 is 9.64 Å². The average molecular weight is 268 g/mol. The van der Waals surface area contributed by atoms with Gasteiger partial charge in [0.05, 0.1) is 12.2 Å². The molecule has 2 unspecified atom stereocenters. The van der Waals surface area contributed by atoms with E-state index in [-0.39, 0.29) is 12.2 Å². The first-order valence-corrected chi connectivity index (χ1v) is 7.70. The van der Waals surface area contributed by atoms with Crippen LogP contribution in [0.2, 0.25) is 0 Å². The van der Waals surface area contributed by atoms with E-state index >= 15 is 0 Å². The van der Waals surface area contributed by atoms with Gasteiger partial charge in [-0.2, -0.15) is 0 Å². The normalized spacial score (nSPS) is 28.8. The molecule has 2 atom stereocenters. The lowest BCUT2D eigenvalue weighted by molar-refractivity contribution is -0.131. The van der Waals surface area contributed by atoms with E-state index in [1.807, 2.05) is 0 Å². The van der Waals surface area contributed by atoms with Crippen molar-refractivity contribution in [1.82, 2.24) is 10.2 Å². The van der Waals surface area contributed by atoms with Crippen molar-refractivity contribution >= 4 is 5.91 Å². The minimum absolute atomic E-state index is 0.00754. The Balaban J connectivity index is 2.02. The second-order valence-corrected chi connectivity index (χ2v) is 6.26. The monoisotopic (exact) mass is 268 g/mol. The summed E-state index contributed by atoms with van der Waals surface area (Å²) in [5.74, 6) is 1.31. The van der Waals surface area contributed by atoms with Crippen molar-refractivity contribution in [2.24, 2.45) is 11.8 Å². The van der Waals surface area contributed by atoms with Crippen molar-refractivity contribution in [2.75, 3.05) is 20.3 Å². The molecule has 1 heterocycles. The fraction of sp³-hybridized carbons (Fsp3) is 0.933. The second kappa shape index (κ2) is 6.71. The molecule has 1 saturated heterocycles. The molecule has 19 heavy (non-hydrogen) atoms. The van der Waals surface area contributed by atoms with Gasteiger partial charge in [-0.15, -0.1) is 0 Å². The lowest BCUT2D eigenvalue weighted by atomic mass is 10.0. The molecule has 0 aromatic heterocycles. The standard InChI is InChI=1S/C15H28N2O2/c1-11(2)13-15(18)17(9-6-10-19-3)14(16-13)12-7-4-5-8-12/h11-14,16H,4-10H2,1-3H3. The zero-order valence-electron chi connectivity index (χ0n) is 12.5. The highest BCUT2D eigenvalue weighted by Crippen LogP contribution is 2.33. The summed E-state index contributed by atoms with van der Waals surface area (Å²) in [6.45, 7) is 5.80. The van der Waals surface area contributed by atoms with Crippen LogP contribution in [-0.2, 0) is 9.53 Å². The number of nitrogens with zero attached hydrogens (tertiary/aromatic N) is 1. The van der Waals surface area contributed by atoms with Gasteiger partial charge in [0.1, 0.15) is 0 Å². The number of carbonyl (C=O) groups excluding carboxylic acids is 1. The summed E-state index contributed by atoms with van der Waals surface area (Å²) in [7, 11) is 1.72. The maximum Gasteiger partial charge on any atom is 0.241 e. The van der Waals surface area contributed by atoms with Gasteiger partial charge >= 0.3 is 0 Å². The van der Waals surface area contributed by atoms with Crippen LogP contribution in [0.5, 0.6) is 0 Å². The molecule has 4 heteroatoms. The van der Waals surface area contributed by atoms with E-state index in [1.165, 1.54) is 25.7 Å². The summed E-state index contributed by atoms with van der Waals surface area (Å²) < 4.78 is 5.11. The van der Waals surface area contributed by atoms with Crippen molar-refractivity contribution in [3.63, 3.8) is 0 Å². The fourth-order valence-corrected chi connectivity index (χ4v) is 3.43. The Kier molecular flexibility index (Phi) is 5.22. The molecule has 0 bridgehead atoms. The number of methoxy groups -OCH3 is 1. The van der Waals surface area contributed by atoms with E-state index in [4.69, 9.17) is 4.74 Å². The van der Waals surface area contributed by atoms with Crippen LogP contribution in [0.25, 0.3) is 0 Å². The van der Waals surface area contributed by atoms with E-state index in [0.717, 1.165) is 19.6 Å². The molecule has 4 nitrogen and oxygen atoms in total. The number of hydrogen-bond donors (Lipinski definition) is 1. The predicted molar refractivity (Wildman–Crippen MR) is 75.7 cm³/mol. The third-order valence-corrected chi connectivity index (χ3v) is 4.50. The van der Waals surface area contributed by atoms with Crippen LogP contribution in [0, 0.1) is 11.8 Å². The molecule has 1 aliphatic heterocycles. The Morgan fingerprint density at radius 3 is 2.63 bits per heavy atom. The maximum absolute atomic E-state index is 12.5. The summed E-state index contributed by atoms with van der Waals surface area (Å²) in [4.78, 5) is 14.6. The minimum Gasteiger partial charge on any atom is -0.385 e. The molecule has 1 aliphatic carbocycles. The molecule has 2 fully saturated rings. The zero-order chi connectivity index (χ0) is 13.8. The van der Waals surface area contributed by atoms with Crippen LogP contribution >= 0.6 is 0 Å². The third kappa shape index (κ3) is 3.29. The van der Waals surface area contributed by atoms with E-state index in [1.54, 1.807) is 7.11 Å². The Labute approximate surface area is 116 Å². The van der Waals surface area contributed by atoms with Gasteiger partial charge in [-0.25, -0.2) is 0 Å². The minimum atomic E-state index is 0.00754. The summed E-state index contributed by atoms with van der Waals surface area (Å²) in [5.41, 5.74) is 0. The molecular weight excluding hydrogens is 240 g/mol. The molecule has 0 aromatic rings. The first-order chi connectivity index (χ1) is 9.15. The molecule has 0 spiro atoms. The molecule has 0 aromatic carbocycles. The predicted octanol–water partition coefficient (Wildman–Crippen LogP) is 2.00. The first-order valence-electron chi connectivity index (χ1n) is 7.70. The van der Waals surface area contributed by atoms with Gasteiger partial charge in [0.15, 0.2) is 0 Å². The summed E-state index contributed by atoms with van der Waals surface area (Å²) in [5, 5.41) is 3.59. The summed E-state index contributed by atoms with van der Waals surface area (Å²) >= 11 is 0. The largest absolute Gasteiger partial charge is 0.385 e. The topological polar surface area (TPSA) is 41.6 Å². The van der Waals surface area contributed by atoms with Gasteiger partial charge in [0.2, 0.25) is 5.91 Å². The van der Waals surface area contributed by atoms with Crippen molar-refractivity contribution < 1.29 is 9.53 Å². The van der Waals surface area contributed by atoms with Crippen LogP contribution < -0.4 is 5.32 Å². The number of amides is 1. The highest BCUT2D eigenvalue weighted by Gasteiger charge is 2.43. The van der Waals surface area contributed by atoms with Gasteiger partial charge in [-0.05, 0) is 31.1 Å². The summed E-state index contributed by atoms with van der Waals surface area (Å²) in [6.07, 6.45) is 6.34. The average Bonchev–Trinajstić information content (AvgIpc) is 2.98. The fourth-order valence-electron chi connectivity index (χ4n) is 3.43. The molecule has 110 valence electrons. The molecule has 1 N–H and O–H groups in total. The molecule has 0 radical (unpaired) electrons. The van der Waals surface area contributed by atoms with E-state index in [2.05, 4.69) is 24.1 Å². The zero-order valence-corrected chi connectivity index (χ0v) is 12.5. The quantitative estimate of drug-likeness (QED) is 0.749. The lowest BCUT2D eigenvalue weighted by Gasteiger charge is -2.29. The number of nitrogens with one attached hydrogen (secondary N) is 1. The Bertz CT molecular complexity index is 301. The van der Waals surface area contributed by atoms with E-state index < -0.39 is 0 Å². The van der Waals surface area contributed by atoms with Crippen LogP contribution in [0.3, 0.4) is 0 Å². The SMILES string of the molecule is COCCCN1C(=O)C(C(C)C)NC1C1CCCC1. The van der Waals surface area contributed by atoms with Gasteiger partial charge in [-0.1, -0.05) is 26.7 Å². The Hall–Kier alpha value is -0.610. The third-order valence-electron chi connectivity index (χ3n) is 4.50. The second-order valence-electron chi connectivity index (χ2n) is 6.26. The number of rotatable bonds is 6. The number of carbonyl (C=O) groups is 1. The van der Waals surface area contributed by atoms with Crippen LogP contribution in [0.4, 0.5) is 0 Å². The van der Waals surface area contributed by atoms with Gasteiger partial charge in [-0.3, -0.25) is 10.1 Å². The highest BCUT2D eigenvalue weighted by molar-refractivity contribution is 5.84. The molecular formula is C15H28N2O2. The van der Waals surface area contributed by atoms with Gasteiger partial charge in [0.25, 0.3) is 0 Å². The molecule has 2 aliphatic rings. The van der Waals surface area contributed by atoms with Crippen LogP contribution in [0.1, 0.15) is 46.0 Å². The van der Waals surface area contributed by atoms with Crippen molar-refractivity contribution in [3.05, 3.63) is 0 Å². The Morgan fingerprint density at radius 1 is 1.37 bits per heavy atom. The van der Waals surface area contributed by atoms with Crippen LogP contribution in [0.15, 0.2) is 0 Å². The smallest absolute Gasteiger partial charge is 0.241 e. The first kappa shape index (κ1) is 14.8. The molecule has 1 amide bonds. The molecule has 2 rings (SSSR count). The van der Waals surface area contributed by atoms with Gasteiger partial charge in [0, 0.05) is 20.3 Å². The van der Waals surface area contributed by atoms with E-state index in [9.17, 15) is 4.79 Å². The molecule has 1 saturated carbocycles. The Morgan fingerprint density at radius 2 is 2.05 bits per heavy atom. The highest BCUT2D eigenvalue weighted by atomic mass is 16.5. The van der Waals surface area contributed by atoms with Crippen molar-refractivity contribution in [2.45, 2.75) is 58.2 Å². The number of ether oxygens (including phenoxy) is 1. The van der Waals surface area contributed by atoms with Crippen molar-refractivity contribution in [3.8, 4) is 0 Å². The lowest BCUT2D eigenvalue weighted by Crippen LogP contribution is -2.43. The van der Waals surface area contributed by atoms with Crippen LogP contribution in [-0.4, -0.2) is 43.3 Å².